The Morgan fingerprint density at radius 3 is 2.72 bits per heavy atom. The molecular weight excluding hydrogens is 359 g/mol. The highest BCUT2D eigenvalue weighted by Crippen LogP contribution is 2.42. The van der Waals surface area contributed by atoms with Crippen LogP contribution in [0.3, 0.4) is 0 Å². The smallest absolute Gasteiger partial charge is 0.150 e. The van der Waals surface area contributed by atoms with Crippen molar-refractivity contribution in [2.45, 2.75) is 32.4 Å². The van der Waals surface area contributed by atoms with Crippen LogP contribution in [0.25, 0.3) is 0 Å². The van der Waals surface area contributed by atoms with Crippen LogP contribution in [-0.2, 0) is 6.54 Å². The zero-order valence-electron chi connectivity index (χ0n) is 13.8. The molecule has 1 unspecified atom stereocenters. The molecule has 128 valence electrons. The third-order valence-corrected chi connectivity index (χ3v) is 5.22. The molecule has 8 heteroatoms. The largest absolute Gasteiger partial charge is 0.250 e. The molecule has 0 N–H and O–H groups in total. The molecule has 0 aliphatic carbocycles. The first kappa shape index (κ1) is 16.3. The molecule has 1 aromatic carbocycles. The molecule has 0 radical (unpaired) electrons. The zero-order chi connectivity index (χ0) is 17.6. The first-order chi connectivity index (χ1) is 12.1. The zero-order valence-corrected chi connectivity index (χ0v) is 15.3. The lowest BCUT2D eigenvalue weighted by molar-refractivity contribution is 0.456. The number of aryl methyl sites for hydroxylation is 1. The fourth-order valence-electron chi connectivity index (χ4n) is 3.35. The summed E-state index contributed by atoms with van der Waals surface area (Å²) >= 11 is 12.4. The molecule has 2 aromatic heterocycles. The summed E-state index contributed by atoms with van der Waals surface area (Å²) in [5.74, 6) is 1.58. The van der Waals surface area contributed by atoms with Gasteiger partial charge in [-0.25, -0.2) is 19.3 Å². The van der Waals surface area contributed by atoms with Gasteiger partial charge in [0.2, 0.25) is 0 Å². The molecule has 3 heterocycles. The third kappa shape index (κ3) is 2.65. The van der Waals surface area contributed by atoms with Crippen molar-refractivity contribution < 1.29 is 0 Å². The van der Waals surface area contributed by atoms with Crippen LogP contribution in [0.1, 0.15) is 37.2 Å². The lowest BCUT2D eigenvalue weighted by atomic mass is 9.87. The Morgan fingerprint density at radius 2 is 1.96 bits per heavy atom. The number of hydrogen-bond donors (Lipinski definition) is 0. The van der Waals surface area contributed by atoms with Gasteiger partial charge < -0.3 is 0 Å². The molecule has 25 heavy (non-hydrogen) atoms. The highest BCUT2D eigenvalue weighted by atomic mass is 35.5. The van der Waals surface area contributed by atoms with Gasteiger partial charge in [0.25, 0.3) is 0 Å². The van der Waals surface area contributed by atoms with Crippen LogP contribution in [0.4, 0.5) is 5.82 Å². The Bertz CT molecular complexity index is 958. The lowest BCUT2D eigenvalue weighted by Gasteiger charge is -2.31. The van der Waals surface area contributed by atoms with Crippen molar-refractivity contribution in [1.29, 1.82) is 0 Å². The van der Waals surface area contributed by atoms with E-state index in [1.807, 2.05) is 47.5 Å². The molecule has 0 spiro atoms. The van der Waals surface area contributed by atoms with E-state index in [0.29, 0.717) is 10.0 Å². The van der Waals surface area contributed by atoms with Gasteiger partial charge in [0, 0.05) is 18.3 Å². The van der Waals surface area contributed by atoms with Crippen molar-refractivity contribution in [2.24, 2.45) is 4.99 Å². The second-order valence-electron chi connectivity index (χ2n) is 5.92. The number of aromatic nitrogens is 5. The number of aliphatic imine (C=N–C) groups is 1. The van der Waals surface area contributed by atoms with E-state index in [1.165, 1.54) is 0 Å². The van der Waals surface area contributed by atoms with Crippen molar-refractivity contribution in [1.82, 2.24) is 24.5 Å². The van der Waals surface area contributed by atoms with Crippen LogP contribution in [-0.4, -0.2) is 30.3 Å². The van der Waals surface area contributed by atoms with E-state index >= 15 is 0 Å². The Hall–Kier alpha value is -2.18. The molecule has 4 rings (SSSR count). The number of hydrogen-bond acceptors (Lipinski definition) is 4. The van der Waals surface area contributed by atoms with Crippen molar-refractivity contribution in [3.05, 3.63) is 58.2 Å². The summed E-state index contributed by atoms with van der Waals surface area (Å²) in [4.78, 5) is 9.22. The van der Waals surface area contributed by atoms with E-state index < -0.39 is 0 Å². The second kappa shape index (κ2) is 6.28. The minimum atomic E-state index is -0.119. The Morgan fingerprint density at radius 1 is 1.12 bits per heavy atom. The Balaban J connectivity index is 1.92. The predicted molar refractivity (Wildman–Crippen MR) is 98.0 cm³/mol. The molecule has 0 saturated carbocycles. The number of rotatable bonds is 3. The highest BCUT2D eigenvalue weighted by Gasteiger charge is 2.37. The molecule has 0 fully saturated rings. The first-order valence-corrected chi connectivity index (χ1v) is 8.77. The number of halogens is 2. The molecule has 1 aliphatic heterocycles. The molecule has 2 atom stereocenters. The highest BCUT2D eigenvalue weighted by molar-refractivity contribution is 6.42. The molecule has 6 nitrogen and oxygen atoms in total. The molecular formula is C17H16Cl2N6. The van der Waals surface area contributed by atoms with Crippen LogP contribution in [0, 0.1) is 0 Å². The molecule has 0 bridgehead atoms. The average molecular weight is 375 g/mol. The maximum absolute atomic E-state index is 6.28. The fourth-order valence-corrected chi connectivity index (χ4v) is 3.65. The van der Waals surface area contributed by atoms with Gasteiger partial charge in [0.15, 0.2) is 5.82 Å². The summed E-state index contributed by atoms with van der Waals surface area (Å²) < 4.78 is 3.80. The average Bonchev–Trinajstić information content (AvgIpc) is 3.24. The van der Waals surface area contributed by atoms with E-state index in [1.54, 1.807) is 12.5 Å². The summed E-state index contributed by atoms with van der Waals surface area (Å²) in [6.45, 7) is 4.79. The van der Waals surface area contributed by atoms with Gasteiger partial charge in [-0.15, -0.1) is 0 Å². The van der Waals surface area contributed by atoms with Gasteiger partial charge in [0.1, 0.15) is 12.2 Å². The summed E-state index contributed by atoms with van der Waals surface area (Å²) in [5.41, 5.74) is 1.97. The van der Waals surface area contributed by atoms with Gasteiger partial charge in [-0.1, -0.05) is 29.3 Å². The summed E-state index contributed by atoms with van der Waals surface area (Å²) in [6.07, 6.45) is 3.33. The van der Waals surface area contributed by atoms with Crippen molar-refractivity contribution in [3.8, 4) is 0 Å². The Labute approximate surface area is 155 Å². The summed E-state index contributed by atoms with van der Waals surface area (Å²) in [6, 6.07) is 7.45. The number of benzene rings is 1. The van der Waals surface area contributed by atoms with Crippen LogP contribution >= 0.6 is 23.2 Å². The van der Waals surface area contributed by atoms with Gasteiger partial charge in [-0.05, 0) is 31.5 Å². The SMILES string of the molecule is CCn1ncnc1C1C(C)=Nc2ccnn2[C@@H]1c1ccc(Cl)c(Cl)c1. The van der Waals surface area contributed by atoms with Gasteiger partial charge >= 0.3 is 0 Å². The lowest BCUT2D eigenvalue weighted by Crippen LogP contribution is -2.30. The van der Waals surface area contributed by atoms with Crippen LogP contribution < -0.4 is 0 Å². The minimum absolute atomic E-state index is 0.0907. The Kier molecular flexibility index (Phi) is 4.09. The van der Waals surface area contributed by atoms with Gasteiger partial charge in [-0.2, -0.15) is 10.2 Å². The topological polar surface area (TPSA) is 60.9 Å². The number of nitrogens with zero attached hydrogens (tertiary/aromatic N) is 6. The molecule has 0 saturated heterocycles. The van der Waals surface area contributed by atoms with Crippen molar-refractivity contribution in [3.63, 3.8) is 0 Å². The third-order valence-electron chi connectivity index (χ3n) is 4.48. The van der Waals surface area contributed by atoms with Crippen LogP contribution in [0.15, 0.2) is 41.8 Å². The van der Waals surface area contributed by atoms with E-state index in [-0.39, 0.29) is 12.0 Å². The minimum Gasteiger partial charge on any atom is -0.250 e. The first-order valence-electron chi connectivity index (χ1n) is 8.01. The molecule has 0 amide bonds. The summed E-state index contributed by atoms with van der Waals surface area (Å²) in [7, 11) is 0. The normalized spacial score (nSPS) is 19.6. The molecule has 1 aliphatic rings. The monoisotopic (exact) mass is 374 g/mol. The van der Waals surface area contributed by atoms with Crippen molar-refractivity contribution >= 4 is 34.7 Å². The maximum Gasteiger partial charge on any atom is 0.150 e. The van der Waals surface area contributed by atoms with E-state index in [0.717, 1.165) is 29.5 Å². The molecule has 3 aromatic rings. The second-order valence-corrected chi connectivity index (χ2v) is 6.73. The van der Waals surface area contributed by atoms with E-state index in [2.05, 4.69) is 15.2 Å². The standard InChI is InChI=1S/C17H16Cl2N6/c1-3-24-17(20-9-22-24)15-10(2)23-14-6-7-21-25(14)16(15)11-4-5-12(18)13(19)8-11/h4-9,15-16H,3H2,1-2H3/t15?,16-/m1/s1. The summed E-state index contributed by atoms with van der Waals surface area (Å²) in [5, 5.41) is 9.86. The maximum atomic E-state index is 6.28. The van der Waals surface area contributed by atoms with Gasteiger partial charge in [-0.3, -0.25) is 0 Å². The quantitative estimate of drug-likeness (QED) is 0.687. The van der Waals surface area contributed by atoms with E-state index in [4.69, 9.17) is 28.2 Å². The van der Waals surface area contributed by atoms with Gasteiger partial charge in [0.05, 0.1) is 28.2 Å². The van der Waals surface area contributed by atoms with E-state index in [9.17, 15) is 0 Å². The van der Waals surface area contributed by atoms with Crippen LogP contribution in [0.5, 0.6) is 0 Å². The van der Waals surface area contributed by atoms with Crippen LogP contribution in [0.2, 0.25) is 10.0 Å². The predicted octanol–water partition coefficient (Wildman–Crippen LogP) is 4.28. The van der Waals surface area contributed by atoms with Crippen molar-refractivity contribution in [2.75, 3.05) is 0 Å². The number of fused-ring (bicyclic) bond motifs is 1. The fraction of sp³-hybridized carbons (Fsp3) is 0.294.